The van der Waals surface area contributed by atoms with Crippen molar-refractivity contribution >= 4 is 35.7 Å². The van der Waals surface area contributed by atoms with Crippen LogP contribution < -0.4 is 17.0 Å². The zero-order valence-corrected chi connectivity index (χ0v) is 16.8. The number of nitrogens with two attached hydrogens (primary N) is 2. The number of benzene rings is 2. The summed E-state index contributed by atoms with van der Waals surface area (Å²) in [5.74, 6) is 9.24. The van der Waals surface area contributed by atoms with Crippen molar-refractivity contribution in [3.8, 4) is 0 Å². The number of hydrazone groups is 2. The van der Waals surface area contributed by atoms with E-state index in [1.165, 1.54) is 19.5 Å². The highest BCUT2D eigenvalue weighted by molar-refractivity contribution is 6.09. The highest BCUT2D eigenvalue weighted by Gasteiger charge is 2.49. The smallest absolute Gasteiger partial charge is 0.310 e. The second-order valence-electron chi connectivity index (χ2n) is 6.81. The minimum atomic E-state index is -1.54. The number of amides is 1. The monoisotopic (exact) mass is 422 g/mol. The first kappa shape index (κ1) is 21.5. The standard InChI is InChI=1S/C21H22N6O4/c1-30-19(28)11-21(20(29)26-17-7-5-14(6-8-17)12-24-22)10-18(27-31-21)16-4-2-3-15(9-16)13-25-23/h2-9,12-13H,10-11,22-23H2,1H3,(H,26,29)/b24-12+,25-13+. The third-order valence-electron chi connectivity index (χ3n) is 4.69. The molecular weight excluding hydrogens is 400 g/mol. The lowest BCUT2D eigenvalue weighted by molar-refractivity contribution is -0.155. The number of oxime groups is 1. The van der Waals surface area contributed by atoms with E-state index < -0.39 is 17.5 Å². The van der Waals surface area contributed by atoms with Gasteiger partial charge in [-0.15, -0.1) is 0 Å². The fourth-order valence-electron chi connectivity index (χ4n) is 3.10. The van der Waals surface area contributed by atoms with Gasteiger partial charge in [0.2, 0.25) is 5.60 Å². The van der Waals surface area contributed by atoms with Crippen LogP contribution in [0.1, 0.15) is 29.5 Å². The van der Waals surface area contributed by atoms with E-state index >= 15 is 0 Å². The number of hydrogen-bond acceptors (Lipinski definition) is 9. The number of ether oxygens (including phenoxy) is 1. The molecule has 0 radical (unpaired) electrons. The van der Waals surface area contributed by atoms with Crippen LogP contribution in [0.5, 0.6) is 0 Å². The molecule has 0 spiro atoms. The van der Waals surface area contributed by atoms with Gasteiger partial charge in [0.15, 0.2) is 0 Å². The molecule has 0 saturated carbocycles. The van der Waals surface area contributed by atoms with Gasteiger partial charge in [0.1, 0.15) is 0 Å². The Morgan fingerprint density at radius 3 is 2.55 bits per heavy atom. The molecule has 0 saturated heterocycles. The Morgan fingerprint density at radius 1 is 1.16 bits per heavy atom. The van der Waals surface area contributed by atoms with Gasteiger partial charge in [0.05, 0.1) is 31.7 Å². The van der Waals surface area contributed by atoms with E-state index in [9.17, 15) is 9.59 Å². The Morgan fingerprint density at radius 2 is 1.87 bits per heavy atom. The third kappa shape index (κ3) is 5.04. The highest BCUT2D eigenvalue weighted by atomic mass is 16.7. The number of methoxy groups -OCH3 is 1. The number of nitrogens with one attached hydrogen (secondary N) is 1. The van der Waals surface area contributed by atoms with Gasteiger partial charge in [-0.1, -0.05) is 35.5 Å². The fourth-order valence-corrected chi connectivity index (χ4v) is 3.10. The van der Waals surface area contributed by atoms with Gasteiger partial charge < -0.3 is 26.6 Å². The predicted octanol–water partition coefficient (Wildman–Crippen LogP) is 1.34. The van der Waals surface area contributed by atoms with Crippen LogP contribution in [-0.4, -0.2) is 42.7 Å². The molecule has 10 heteroatoms. The van der Waals surface area contributed by atoms with Gasteiger partial charge in [-0.25, -0.2) is 0 Å². The third-order valence-corrected chi connectivity index (χ3v) is 4.69. The maximum Gasteiger partial charge on any atom is 0.310 e. The summed E-state index contributed by atoms with van der Waals surface area (Å²) in [6, 6.07) is 14.1. The van der Waals surface area contributed by atoms with Gasteiger partial charge in [0, 0.05) is 17.7 Å². The van der Waals surface area contributed by atoms with Crippen molar-refractivity contribution in [2.24, 2.45) is 27.0 Å². The highest BCUT2D eigenvalue weighted by Crippen LogP contribution is 2.32. The Hall–Kier alpha value is -4.21. The molecule has 0 fully saturated rings. The second kappa shape index (κ2) is 9.53. The first-order valence-electron chi connectivity index (χ1n) is 9.30. The molecule has 0 bridgehead atoms. The molecule has 2 aromatic carbocycles. The summed E-state index contributed by atoms with van der Waals surface area (Å²) in [5.41, 5.74) is 1.74. The minimum absolute atomic E-state index is 0.0784. The first-order valence-corrected chi connectivity index (χ1v) is 9.30. The van der Waals surface area contributed by atoms with E-state index in [0.717, 1.165) is 16.7 Å². The average Bonchev–Trinajstić information content (AvgIpc) is 3.21. The zero-order valence-electron chi connectivity index (χ0n) is 16.8. The Bertz CT molecular complexity index is 1050. The molecule has 2 aromatic rings. The number of rotatable bonds is 7. The van der Waals surface area contributed by atoms with Crippen molar-refractivity contribution in [1.29, 1.82) is 0 Å². The van der Waals surface area contributed by atoms with E-state index in [-0.39, 0.29) is 12.8 Å². The summed E-state index contributed by atoms with van der Waals surface area (Å²) in [4.78, 5) is 30.7. The van der Waals surface area contributed by atoms with Crippen LogP contribution >= 0.6 is 0 Å². The van der Waals surface area contributed by atoms with Crippen LogP contribution in [0.2, 0.25) is 0 Å². The summed E-state index contributed by atoms with van der Waals surface area (Å²) < 4.78 is 4.76. The van der Waals surface area contributed by atoms with Crippen LogP contribution in [0.25, 0.3) is 0 Å². The van der Waals surface area contributed by atoms with Gasteiger partial charge in [0.25, 0.3) is 5.91 Å². The number of carbonyl (C=O) groups is 2. The Kier molecular flexibility index (Phi) is 6.61. The summed E-state index contributed by atoms with van der Waals surface area (Å²) in [6.07, 6.45) is 2.75. The molecule has 31 heavy (non-hydrogen) atoms. The Labute approximate surface area is 178 Å². The molecule has 1 amide bonds. The van der Waals surface area contributed by atoms with E-state index in [4.69, 9.17) is 21.3 Å². The molecule has 1 unspecified atom stereocenters. The number of hydrogen-bond donors (Lipinski definition) is 3. The second-order valence-corrected chi connectivity index (χ2v) is 6.81. The molecule has 1 aliphatic rings. The van der Waals surface area contributed by atoms with Crippen molar-refractivity contribution in [3.05, 3.63) is 65.2 Å². The molecule has 5 N–H and O–H groups in total. The van der Waals surface area contributed by atoms with Gasteiger partial charge >= 0.3 is 5.97 Å². The van der Waals surface area contributed by atoms with Crippen molar-refractivity contribution in [2.45, 2.75) is 18.4 Å². The number of carbonyl (C=O) groups excluding carboxylic acids is 2. The lowest BCUT2D eigenvalue weighted by Gasteiger charge is -2.24. The molecule has 0 aromatic heterocycles. The van der Waals surface area contributed by atoms with E-state index in [0.29, 0.717) is 11.4 Å². The van der Waals surface area contributed by atoms with Crippen molar-refractivity contribution in [1.82, 2.24) is 0 Å². The molecule has 1 heterocycles. The fraction of sp³-hybridized carbons (Fsp3) is 0.190. The van der Waals surface area contributed by atoms with Gasteiger partial charge in [-0.3, -0.25) is 9.59 Å². The molecule has 1 aliphatic heterocycles. The van der Waals surface area contributed by atoms with Crippen molar-refractivity contribution in [2.75, 3.05) is 12.4 Å². The zero-order chi connectivity index (χ0) is 22.3. The maximum atomic E-state index is 13.1. The van der Waals surface area contributed by atoms with Crippen molar-refractivity contribution < 1.29 is 19.2 Å². The maximum absolute atomic E-state index is 13.1. The lowest BCUT2D eigenvalue weighted by Crippen LogP contribution is -2.45. The quantitative estimate of drug-likeness (QED) is 0.265. The summed E-state index contributed by atoms with van der Waals surface area (Å²) >= 11 is 0. The normalized spacial score (nSPS) is 18.0. The minimum Gasteiger partial charge on any atom is -0.469 e. The molecule has 0 aliphatic carbocycles. The summed E-state index contributed by atoms with van der Waals surface area (Å²) in [7, 11) is 1.25. The van der Waals surface area contributed by atoms with E-state index in [1.54, 1.807) is 30.3 Å². The van der Waals surface area contributed by atoms with Crippen LogP contribution in [0, 0.1) is 0 Å². The Balaban J connectivity index is 1.83. The van der Waals surface area contributed by atoms with Crippen LogP contribution in [0.15, 0.2) is 63.9 Å². The molecule has 3 rings (SSSR count). The van der Waals surface area contributed by atoms with Crippen molar-refractivity contribution in [3.63, 3.8) is 0 Å². The predicted molar refractivity (Wildman–Crippen MR) is 117 cm³/mol. The molecule has 1 atom stereocenters. The van der Waals surface area contributed by atoms with Crippen LogP contribution in [0.4, 0.5) is 5.69 Å². The number of esters is 1. The van der Waals surface area contributed by atoms with Crippen LogP contribution in [0.3, 0.4) is 0 Å². The number of anilines is 1. The van der Waals surface area contributed by atoms with E-state index in [2.05, 4.69) is 20.7 Å². The van der Waals surface area contributed by atoms with Crippen LogP contribution in [-0.2, 0) is 19.2 Å². The van der Waals surface area contributed by atoms with E-state index in [1.807, 2.05) is 18.2 Å². The first-order chi connectivity index (χ1) is 15.0. The molecule has 160 valence electrons. The lowest BCUT2D eigenvalue weighted by atomic mass is 9.89. The molecular formula is C21H22N6O4. The SMILES string of the molecule is COC(=O)CC1(C(=O)Nc2ccc(/C=N/N)cc2)CC(c2cccc(/C=N/N)c2)=NO1. The summed E-state index contributed by atoms with van der Waals surface area (Å²) in [5, 5.41) is 13.8. The largest absolute Gasteiger partial charge is 0.469 e. The number of nitrogens with zero attached hydrogens (tertiary/aromatic N) is 3. The topological polar surface area (TPSA) is 154 Å². The van der Waals surface area contributed by atoms with Gasteiger partial charge in [-0.2, -0.15) is 10.2 Å². The van der Waals surface area contributed by atoms with Gasteiger partial charge in [-0.05, 0) is 29.3 Å². The molecule has 10 nitrogen and oxygen atoms in total. The average molecular weight is 422 g/mol. The summed E-state index contributed by atoms with van der Waals surface area (Å²) in [6.45, 7) is 0.